The number of carbonyl (C=O) groups excluding carboxylic acids is 1. The van der Waals surface area contributed by atoms with Gasteiger partial charge in [-0.15, -0.1) is 11.6 Å². The Labute approximate surface area is 71.8 Å². The summed E-state index contributed by atoms with van der Waals surface area (Å²) in [6.07, 6.45) is 4.92. The maximum Gasteiger partial charge on any atom is 0.177 e. The number of carbonyl (C=O) groups is 1. The lowest BCUT2D eigenvalue weighted by atomic mass is 10.2. The first kappa shape index (κ1) is 8.60. The standard InChI is InChI=1S/C8H12ClNO/c1-10(2)6-3-7(11)8(9)4-5-8/h3,6H,4-5H2,1-2H3/b6-3+. The minimum Gasteiger partial charge on any atom is -0.383 e. The van der Waals surface area contributed by atoms with Gasteiger partial charge in [0.1, 0.15) is 4.87 Å². The van der Waals surface area contributed by atoms with E-state index >= 15 is 0 Å². The van der Waals surface area contributed by atoms with Crippen molar-refractivity contribution in [1.29, 1.82) is 0 Å². The molecule has 0 aromatic heterocycles. The van der Waals surface area contributed by atoms with E-state index in [9.17, 15) is 4.79 Å². The first-order valence-electron chi connectivity index (χ1n) is 3.62. The van der Waals surface area contributed by atoms with Gasteiger partial charge in [0.05, 0.1) is 0 Å². The van der Waals surface area contributed by atoms with Crippen LogP contribution in [0.5, 0.6) is 0 Å². The Bertz CT molecular complexity index is 194. The summed E-state index contributed by atoms with van der Waals surface area (Å²) < 4.78 is 0. The Balaban J connectivity index is 2.44. The number of halogens is 1. The van der Waals surface area contributed by atoms with Gasteiger partial charge < -0.3 is 4.90 Å². The highest BCUT2D eigenvalue weighted by atomic mass is 35.5. The van der Waals surface area contributed by atoms with Crippen molar-refractivity contribution in [3.63, 3.8) is 0 Å². The van der Waals surface area contributed by atoms with Gasteiger partial charge in [0.2, 0.25) is 0 Å². The van der Waals surface area contributed by atoms with E-state index in [2.05, 4.69) is 0 Å². The van der Waals surface area contributed by atoms with Crippen LogP contribution in [-0.2, 0) is 4.79 Å². The van der Waals surface area contributed by atoms with E-state index in [1.165, 1.54) is 0 Å². The average Bonchev–Trinajstić information content (AvgIpc) is 2.64. The van der Waals surface area contributed by atoms with Gasteiger partial charge in [-0.05, 0) is 18.9 Å². The van der Waals surface area contributed by atoms with Crippen LogP contribution in [0.4, 0.5) is 0 Å². The Morgan fingerprint density at radius 1 is 1.55 bits per heavy atom. The molecule has 0 atom stereocenters. The lowest BCUT2D eigenvalue weighted by Gasteiger charge is -2.03. The Kier molecular flexibility index (Phi) is 2.23. The van der Waals surface area contributed by atoms with Gasteiger partial charge in [0.25, 0.3) is 0 Å². The SMILES string of the molecule is CN(C)/C=C/C(=O)C1(Cl)CC1. The fourth-order valence-electron chi connectivity index (χ4n) is 0.722. The molecule has 0 spiro atoms. The number of nitrogens with zero attached hydrogens (tertiary/aromatic N) is 1. The molecule has 3 heteroatoms. The van der Waals surface area contributed by atoms with Crippen molar-refractivity contribution in [2.24, 2.45) is 0 Å². The lowest BCUT2D eigenvalue weighted by molar-refractivity contribution is -0.115. The van der Waals surface area contributed by atoms with Crippen molar-refractivity contribution in [3.05, 3.63) is 12.3 Å². The second-order valence-electron chi connectivity index (χ2n) is 3.11. The summed E-state index contributed by atoms with van der Waals surface area (Å²) in [5.74, 6) is 0.0351. The maximum atomic E-state index is 11.2. The van der Waals surface area contributed by atoms with Gasteiger partial charge >= 0.3 is 0 Å². The molecular formula is C8H12ClNO. The molecule has 0 aromatic carbocycles. The summed E-state index contributed by atoms with van der Waals surface area (Å²) in [7, 11) is 3.75. The minimum atomic E-state index is -0.535. The molecule has 0 heterocycles. The molecule has 2 nitrogen and oxygen atoms in total. The third-order valence-electron chi connectivity index (χ3n) is 1.65. The van der Waals surface area contributed by atoms with Crippen molar-refractivity contribution in [1.82, 2.24) is 4.90 Å². The third kappa shape index (κ3) is 2.22. The van der Waals surface area contributed by atoms with Gasteiger partial charge in [-0.3, -0.25) is 4.79 Å². The van der Waals surface area contributed by atoms with Gasteiger partial charge in [0.15, 0.2) is 5.78 Å². The predicted molar refractivity (Wildman–Crippen MR) is 45.7 cm³/mol. The minimum absolute atomic E-state index is 0.0351. The normalized spacial score (nSPS) is 20.3. The molecule has 0 saturated heterocycles. The highest BCUT2D eigenvalue weighted by Crippen LogP contribution is 2.43. The fraction of sp³-hybridized carbons (Fsp3) is 0.625. The maximum absolute atomic E-state index is 11.2. The lowest BCUT2D eigenvalue weighted by Crippen LogP contribution is -2.13. The van der Waals surface area contributed by atoms with Crippen molar-refractivity contribution >= 4 is 17.4 Å². The Hall–Kier alpha value is -0.500. The summed E-state index contributed by atoms with van der Waals surface area (Å²) in [6.45, 7) is 0. The second kappa shape index (κ2) is 2.86. The van der Waals surface area contributed by atoms with Crippen LogP contribution in [0.3, 0.4) is 0 Å². The number of hydrogen-bond donors (Lipinski definition) is 0. The third-order valence-corrected chi connectivity index (χ3v) is 2.22. The first-order valence-corrected chi connectivity index (χ1v) is 4.00. The van der Waals surface area contributed by atoms with Crippen LogP contribution in [0.2, 0.25) is 0 Å². The van der Waals surface area contributed by atoms with Crippen molar-refractivity contribution in [2.75, 3.05) is 14.1 Å². The predicted octanol–water partition coefficient (Wildman–Crippen LogP) is 1.40. The summed E-state index contributed by atoms with van der Waals surface area (Å²) in [5.41, 5.74) is 0. The molecule has 0 N–H and O–H groups in total. The summed E-state index contributed by atoms with van der Waals surface area (Å²) >= 11 is 5.86. The number of hydrogen-bond acceptors (Lipinski definition) is 2. The van der Waals surface area contributed by atoms with Gasteiger partial charge in [-0.1, -0.05) is 0 Å². The van der Waals surface area contributed by atoms with Gasteiger partial charge in [0, 0.05) is 20.3 Å². The van der Waals surface area contributed by atoms with Crippen LogP contribution < -0.4 is 0 Å². The highest BCUT2D eigenvalue weighted by molar-refractivity contribution is 6.39. The largest absolute Gasteiger partial charge is 0.383 e. The number of allylic oxidation sites excluding steroid dienone is 1. The van der Waals surface area contributed by atoms with Crippen LogP contribution in [0.15, 0.2) is 12.3 Å². The first-order chi connectivity index (χ1) is 5.04. The van der Waals surface area contributed by atoms with E-state index in [1.54, 1.807) is 12.3 Å². The highest BCUT2D eigenvalue weighted by Gasteiger charge is 2.46. The van der Waals surface area contributed by atoms with Crippen molar-refractivity contribution in [2.45, 2.75) is 17.7 Å². The summed E-state index contributed by atoms with van der Waals surface area (Å²) in [5, 5.41) is 0. The smallest absolute Gasteiger partial charge is 0.177 e. The zero-order valence-electron chi connectivity index (χ0n) is 6.80. The summed E-state index contributed by atoms with van der Waals surface area (Å²) in [4.78, 5) is 12.5. The molecule has 11 heavy (non-hydrogen) atoms. The number of alkyl halides is 1. The zero-order chi connectivity index (χ0) is 8.48. The molecule has 0 unspecified atom stereocenters. The molecule has 0 bridgehead atoms. The quantitative estimate of drug-likeness (QED) is 0.475. The van der Waals surface area contributed by atoms with Crippen LogP contribution in [-0.4, -0.2) is 29.7 Å². The monoisotopic (exact) mass is 173 g/mol. The topological polar surface area (TPSA) is 20.3 Å². The number of rotatable bonds is 3. The molecule has 1 aliphatic carbocycles. The Morgan fingerprint density at radius 2 is 2.09 bits per heavy atom. The molecule has 1 aliphatic rings. The summed E-state index contributed by atoms with van der Waals surface area (Å²) in [6, 6.07) is 0. The molecule has 0 amide bonds. The second-order valence-corrected chi connectivity index (χ2v) is 3.83. The van der Waals surface area contributed by atoms with E-state index in [4.69, 9.17) is 11.6 Å². The molecule has 0 aromatic rings. The molecular weight excluding hydrogens is 162 g/mol. The van der Waals surface area contributed by atoms with Crippen molar-refractivity contribution < 1.29 is 4.79 Å². The van der Waals surface area contributed by atoms with E-state index in [0.717, 1.165) is 12.8 Å². The molecule has 1 fully saturated rings. The molecule has 1 saturated carbocycles. The molecule has 0 aliphatic heterocycles. The molecule has 0 radical (unpaired) electrons. The fourth-order valence-corrected chi connectivity index (χ4v) is 0.880. The Morgan fingerprint density at radius 3 is 2.45 bits per heavy atom. The van der Waals surface area contributed by atoms with Crippen molar-refractivity contribution in [3.8, 4) is 0 Å². The zero-order valence-corrected chi connectivity index (χ0v) is 7.56. The van der Waals surface area contributed by atoms with Crippen LogP contribution in [0, 0.1) is 0 Å². The van der Waals surface area contributed by atoms with Crippen LogP contribution in [0.25, 0.3) is 0 Å². The van der Waals surface area contributed by atoms with Crippen LogP contribution >= 0.6 is 11.6 Å². The van der Waals surface area contributed by atoms with Gasteiger partial charge in [-0.2, -0.15) is 0 Å². The van der Waals surface area contributed by atoms with E-state index in [-0.39, 0.29) is 5.78 Å². The number of ketones is 1. The molecule has 62 valence electrons. The van der Waals surface area contributed by atoms with Gasteiger partial charge in [-0.25, -0.2) is 0 Å². The van der Waals surface area contributed by atoms with E-state index < -0.39 is 4.87 Å². The average molecular weight is 174 g/mol. The van der Waals surface area contributed by atoms with Crippen LogP contribution in [0.1, 0.15) is 12.8 Å². The van der Waals surface area contributed by atoms with E-state index in [1.807, 2.05) is 19.0 Å². The van der Waals surface area contributed by atoms with E-state index in [0.29, 0.717) is 0 Å². The molecule has 1 rings (SSSR count).